The summed E-state index contributed by atoms with van der Waals surface area (Å²) in [4.78, 5) is 37.4. The summed E-state index contributed by atoms with van der Waals surface area (Å²) in [6.07, 6.45) is 94.2. The molecule has 0 saturated carbocycles. The molecule has 0 amide bonds. The molecule has 0 aliphatic carbocycles. The Balaban J connectivity index is 4.22. The van der Waals surface area contributed by atoms with Gasteiger partial charge in [-0.15, -0.1) is 0 Å². The van der Waals surface area contributed by atoms with Crippen molar-refractivity contribution in [2.75, 3.05) is 47.5 Å². The van der Waals surface area contributed by atoms with E-state index in [4.69, 9.17) is 18.9 Å². The molecule has 0 saturated heterocycles. The zero-order valence-corrected chi connectivity index (χ0v) is 54.4. The number of carboxylic acid groups (broad SMARTS) is 1. The molecule has 0 aromatic rings. The third-order valence-corrected chi connectivity index (χ3v) is 13.5. The molecule has 2 atom stereocenters. The molecule has 478 valence electrons. The van der Waals surface area contributed by atoms with Crippen molar-refractivity contribution >= 4 is 17.9 Å². The highest BCUT2D eigenvalue weighted by Crippen LogP contribution is 2.15. The number of unbranched alkanes of at least 4 members (excludes halogenated alkanes) is 16. The molecular weight excluding hydrogens is 1050 g/mol. The van der Waals surface area contributed by atoms with Gasteiger partial charge in [-0.1, -0.05) is 261 Å². The highest BCUT2D eigenvalue weighted by Gasteiger charge is 2.22. The predicted octanol–water partition coefficient (Wildman–Crippen LogP) is 19.3. The van der Waals surface area contributed by atoms with Gasteiger partial charge in [-0.25, -0.2) is 0 Å². The van der Waals surface area contributed by atoms with Crippen molar-refractivity contribution in [3.05, 3.63) is 170 Å². The molecule has 0 radical (unpaired) electrons. The van der Waals surface area contributed by atoms with Gasteiger partial charge in [-0.2, -0.15) is 0 Å². The van der Waals surface area contributed by atoms with Gasteiger partial charge < -0.3 is 33.3 Å². The van der Waals surface area contributed by atoms with E-state index in [1.54, 1.807) is 0 Å². The van der Waals surface area contributed by atoms with E-state index in [1.165, 1.54) is 51.4 Å². The van der Waals surface area contributed by atoms with Crippen LogP contribution in [0.15, 0.2) is 170 Å². The first-order valence-electron chi connectivity index (χ1n) is 33.3. The molecule has 9 heteroatoms. The summed E-state index contributed by atoms with van der Waals surface area (Å²) in [5.74, 6) is -2.34. The summed E-state index contributed by atoms with van der Waals surface area (Å²) in [6.45, 7) is 4.47. The maximum Gasteiger partial charge on any atom is 0.306 e. The van der Waals surface area contributed by atoms with Crippen molar-refractivity contribution < 1.29 is 42.9 Å². The van der Waals surface area contributed by atoms with Crippen LogP contribution in [0.25, 0.3) is 0 Å². The lowest BCUT2D eigenvalue weighted by Crippen LogP contribution is -2.44. The fourth-order valence-corrected chi connectivity index (χ4v) is 8.44. The van der Waals surface area contributed by atoms with Gasteiger partial charge in [0.15, 0.2) is 12.4 Å². The van der Waals surface area contributed by atoms with Crippen LogP contribution in [0.3, 0.4) is 0 Å². The third-order valence-electron chi connectivity index (χ3n) is 13.5. The van der Waals surface area contributed by atoms with Crippen molar-refractivity contribution in [1.29, 1.82) is 0 Å². The number of esters is 2. The minimum Gasteiger partial charge on any atom is -0.545 e. The zero-order valence-electron chi connectivity index (χ0n) is 54.4. The largest absolute Gasteiger partial charge is 0.545 e. The molecule has 2 unspecified atom stereocenters. The third kappa shape index (κ3) is 66.0. The Labute approximate surface area is 520 Å². The van der Waals surface area contributed by atoms with Crippen LogP contribution in [0.1, 0.15) is 232 Å². The Morgan fingerprint density at radius 1 is 0.353 bits per heavy atom. The van der Waals surface area contributed by atoms with Crippen molar-refractivity contribution in [2.24, 2.45) is 0 Å². The molecule has 0 bridgehead atoms. The van der Waals surface area contributed by atoms with E-state index in [-0.39, 0.29) is 38.6 Å². The van der Waals surface area contributed by atoms with Crippen LogP contribution in [0, 0.1) is 0 Å². The monoisotopic (exact) mass is 1180 g/mol. The summed E-state index contributed by atoms with van der Waals surface area (Å²) in [5, 5.41) is 11.8. The van der Waals surface area contributed by atoms with E-state index < -0.39 is 24.3 Å². The number of aliphatic carboxylic acids is 1. The minimum absolute atomic E-state index is 0.134. The van der Waals surface area contributed by atoms with Gasteiger partial charge >= 0.3 is 11.9 Å². The zero-order chi connectivity index (χ0) is 61.9. The summed E-state index contributed by atoms with van der Waals surface area (Å²) in [6, 6.07) is 0. The van der Waals surface area contributed by atoms with Crippen LogP contribution in [0.4, 0.5) is 0 Å². The smallest absolute Gasteiger partial charge is 0.306 e. The first-order chi connectivity index (χ1) is 41.6. The van der Waals surface area contributed by atoms with Crippen molar-refractivity contribution in [1.82, 2.24) is 0 Å². The quantitative estimate of drug-likeness (QED) is 0.0195. The number of carboxylic acids is 1. The maximum atomic E-state index is 12.9. The van der Waals surface area contributed by atoms with Crippen LogP contribution in [0.2, 0.25) is 0 Å². The summed E-state index contributed by atoms with van der Waals surface area (Å²) in [5.41, 5.74) is 0. The van der Waals surface area contributed by atoms with E-state index in [1.807, 2.05) is 21.1 Å². The molecule has 9 nitrogen and oxygen atoms in total. The minimum atomic E-state index is -1.64. The standard InChI is InChI=1S/C76H121NO8/c1-6-8-10-12-14-16-18-20-22-24-26-28-30-31-32-33-34-35-36-37-38-39-40-41-42-43-45-47-49-51-53-55-57-59-61-63-65-67-74(79)85-72(71-84-76(75(80)81)82-69-68-77(3,4)5)70-83-73(78)66-64-62-60-58-56-54-52-50-48-46-44-29-27-25-23-21-19-17-15-13-11-9-7-2/h8-11,14-17,20-23,26-29,31-32,34-35,37-38,40-41,46,48,52,54,72,76H,6-7,12-13,18-19,24-25,30,33,36,39,42-45,47,49-51,53,55-71H2,1-5H3/b10-8-,11-9-,16-14-,17-15-,22-20-,23-21-,28-26-,29-27-,32-31-,35-34-,38-37-,41-40-,48-46-,54-52-. The number of hydrogen-bond donors (Lipinski definition) is 0. The SMILES string of the molecule is CC/C=C\C/C=C\C/C=C\C/C=C\C/C=C\C/C=C\C/C=C\C/C=C\CCCCCCCCCCCCCCC(=O)OC(COC(=O)CCCCCC/C=C\C/C=C\C/C=C\C/C=C\C/C=C\C/C=C\CC)COC(OCC[N+](C)(C)C)C(=O)[O-]. The second kappa shape index (κ2) is 64.6. The van der Waals surface area contributed by atoms with Crippen molar-refractivity contribution in [3.63, 3.8) is 0 Å². The molecule has 0 aliphatic heterocycles. The molecule has 0 aliphatic rings. The van der Waals surface area contributed by atoms with Gasteiger partial charge in [-0.3, -0.25) is 9.59 Å². The normalized spacial score (nSPS) is 13.8. The van der Waals surface area contributed by atoms with E-state index in [0.29, 0.717) is 23.9 Å². The molecule has 0 spiro atoms. The van der Waals surface area contributed by atoms with Gasteiger partial charge in [0.2, 0.25) is 0 Å². The number of rotatable bonds is 59. The van der Waals surface area contributed by atoms with E-state index in [0.717, 1.165) is 141 Å². The second-order valence-corrected chi connectivity index (χ2v) is 22.6. The van der Waals surface area contributed by atoms with Crippen LogP contribution in [-0.4, -0.2) is 82.3 Å². The van der Waals surface area contributed by atoms with Gasteiger partial charge in [0.25, 0.3) is 0 Å². The number of hydrogen-bond acceptors (Lipinski definition) is 8. The molecule has 0 N–H and O–H groups in total. The molecule has 0 rings (SSSR count). The number of carbonyl (C=O) groups excluding carboxylic acids is 3. The Hall–Kier alpha value is -5.35. The number of quaternary nitrogens is 1. The highest BCUT2D eigenvalue weighted by molar-refractivity contribution is 5.70. The van der Waals surface area contributed by atoms with Gasteiger partial charge in [0, 0.05) is 12.8 Å². The van der Waals surface area contributed by atoms with Crippen LogP contribution < -0.4 is 5.11 Å². The molecule has 0 heterocycles. The average molecular weight is 1180 g/mol. The molecule has 0 aromatic carbocycles. The van der Waals surface area contributed by atoms with Crippen LogP contribution in [0.5, 0.6) is 0 Å². The highest BCUT2D eigenvalue weighted by atomic mass is 16.7. The van der Waals surface area contributed by atoms with Crippen LogP contribution >= 0.6 is 0 Å². The lowest BCUT2D eigenvalue weighted by Gasteiger charge is -2.26. The van der Waals surface area contributed by atoms with Crippen molar-refractivity contribution in [3.8, 4) is 0 Å². The Bertz CT molecular complexity index is 2000. The predicted molar refractivity (Wildman–Crippen MR) is 361 cm³/mol. The topological polar surface area (TPSA) is 111 Å². The summed E-state index contributed by atoms with van der Waals surface area (Å²) in [7, 11) is 5.91. The first-order valence-corrected chi connectivity index (χ1v) is 33.3. The van der Waals surface area contributed by atoms with Crippen LogP contribution in [-0.2, 0) is 33.3 Å². The molecule has 0 fully saturated rings. The Morgan fingerprint density at radius 2 is 0.635 bits per heavy atom. The fraction of sp³-hybridized carbons (Fsp3) is 0.592. The van der Waals surface area contributed by atoms with E-state index >= 15 is 0 Å². The first kappa shape index (κ1) is 79.7. The fourth-order valence-electron chi connectivity index (χ4n) is 8.44. The van der Waals surface area contributed by atoms with Crippen molar-refractivity contribution in [2.45, 2.75) is 245 Å². The lowest BCUT2D eigenvalue weighted by atomic mass is 10.0. The lowest BCUT2D eigenvalue weighted by molar-refractivity contribution is -0.870. The van der Waals surface area contributed by atoms with E-state index in [2.05, 4.69) is 184 Å². The van der Waals surface area contributed by atoms with E-state index in [9.17, 15) is 19.5 Å². The summed E-state index contributed by atoms with van der Waals surface area (Å²) < 4.78 is 22.7. The summed E-state index contributed by atoms with van der Waals surface area (Å²) >= 11 is 0. The second-order valence-electron chi connectivity index (χ2n) is 22.6. The maximum absolute atomic E-state index is 12.9. The molecular formula is C76H121NO8. The Kier molecular flexibility index (Phi) is 60.6. The van der Waals surface area contributed by atoms with Gasteiger partial charge in [0.1, 0.15) is 13.2 Å². The molecule has 85 heavy (non-hydrogen) atoms. The van der Waals surface area contributed by atoms with Gasteiger partial charge in [0.05, 0.1) is 40.3 Å². The number of ether oxygens (including phenoxy) is 4. The number of allylic oxidation sites excluding steroid dienone is 28. The Morgan fingerprint density at radius 3 is 0.941 bits per heavy atom. The average Bonchev–Trinajstić information content (AvgIpc) is 3.48. The van der Waals surface area contributed by atoms with Gasteiger partial charge in [-0.05, 0) is 128 Å². The molecule has 0 aromatic heterocycles. The number of carbonyl (C=O) groups is 3. The number of nitrogens with zero attached hydrogens (tertiary/aromatic N) is 1. The number of likely N-dealkylation sites (N-methyl/N-ethyl adjacent to an activating group) is 1.